The van der Waals surface area contributed by atoms with E-state index in [1.165, 1.54) is 29.3 Å². The molecule has 5 rings (SSSR count). The van der Waals surface area contributed by atoms with Crippen molar-refractivity contribution in [3.05, 3.63) is 66.2 Å². The topological polar surface area (TPSA) is 95.5 Å². The van der Waals surface area contributed by atoms with Gasteiger partial charge in [-0.15, -0.1) is 10.2 Å². The second-order valence-corrected chi connectivity index (χ2v) is 11.6. The fraction of sp³-hybridized carbons (Fsp3) is 0.370. The zero-order valence-electron chi connectivity index (χ0n) is 20.4. The molecule has 3 heterocycles. The molecule has 2 aliphatic heterocycles. The quantitative estimate of drug-likeness (QED) is 0.533. The summed E-state index contributed by atoms with van der Waals surface area (Å²) >= 11 is 0. The third-order valence-electron chi connectivity index (χ3n) is 7.02. The first kappa shape index (κ1) is 24.4. The molecule has 0 atom stereocenters. The van der Waals surface area contributed by atoms with Crippen LogP contribution in [0.5, 0.6) is 0 Å². The third kappa shape index (κ3) is 5.27. The molecule has 3 aromatic rings. The molecule has 2 aliphatic rings. The Morgan fingerprint density at radius 3 is 2.14 bits per heavy atom. The molecular weight excluding hydrogens is 474 g/mol. The number of carbonyl (C=O) groups is 1. The van der Waals surface area contributed by atoms with E-state index >= 15 is 0 Å². The van der Waals surface area contributed by atoms with E-state index in [1.54, 1.807) is 12.1 Å². The summed E-state index contributed by atoms with van der Waals surface area (Å²) in [6.45, 7) is 5.42. The number of piperidine rings is 1. The lowest BCUT2D eigenvalue weighted by Gasteiger charge is -2.30. The lowest BCUT2D eigenvalue weighted by Crippen LogP contribution is -2.33. The van der Waals surface area contributed by atoms with Crippen molar-refractivity contribution in [1.29, 1.82) is 0 Å². The minimum Gasteiger partial charge on any atom is -0.355 e. The number of rotatable bonds is 6. The number of aromatic nitrogens is 2. The Morgan fingerprint density at radius 2 is 1.53 bits per heavy atom. The van der Waals surface area contributed by atoms with Crippen molar-refractivity contribution >= 4 is 27.4 Å². The Bertz CT molecular complexity index is 1300. The molecule has 0 aliphatic carbocycles. The molecule has 9 heteroatoms. The van der Waals surface area contributed by atoms with Gasteiger partial charge in [0, 0.05) is 43.0 Å². The second-order valence-electron chi connectivity index (χ2n) is 9.61. The van der Waals surface area contributed by atoms with Gasteiger partial charge in [-0.2, -0.15) is 4.31 Å². The van der Waals surface area contributed by atoms with Gasteiger partial charge >= 0.3 is 0 Å². The highest BCUT2D eigenvalue weighted by Crippen LogP contribution is 2.25. The Balaban J connectivity index is 1.21. The molecule has 36 heavy (non-hydrogen) atoms. The van der Waals surface area contributed by atoms with Crippen LogP contribution in [0.2, 0.25) is 0 Å². The first-order valence-electron chi connectivity index (χ1n) is 12.5. The molecule has 0 bridgehead atoms. The average Bonchev–Trinajstić information content (AvgIpc) is 3.46. The summed E-state index contributed by atoms with van der Waals surface area (Å²) in [6, 6.07) is 17.5. The van der Waals surface area contributed by atoms with E-state index in [0.717, 1.165) is 48.9 Å². The number of sulfonamides is 1. The van der Waals surface area contributed by atoms with Crippen LogP contribution in [0.25, 0.3) is 11.3 Å². The number of benzene rings is 2. The largest absolute Gasteiger partial charge is 0.355 e. The highest BCUT2D eigenvalue weighted by atomic mass is 32.2. The van der Waals surface area contributed by atoms with Crippen LogP contribution < -0.4 is 10.2 Å². The summed E-state index contributed by atoms with van der Waals surface area (Å²) in [5.74, 6) is 1.38. The van der Waals surface area contributed by atoms with E-state index < -0.39 is 10.0 Å². The van der Waals surface area contributed by atoms with Crippen molar-refractivity contribution < 1.29 is 13.2 Å². The summed E-state index contributed by atoms with van der Waals surface area (Å²) in [5.41, 5.74) is 2.73. The molecule has 0 saturated carbocycles. The van der Waals surface area contributed by atoms with Gasteiger partial charge in [-0.3, -0.25) is 4.79 Å². The zero-order valence-corrected chi connectivity index (χ0v) is 21.2. The van der Waals surface area contributed by atoms with Crippen LogP contribution >= 0.6 is 0 Å². The fourth-order valence-electron chi connectivity index (χ4n) is 4.67. The number of nitrogens with zero attached hydrogens (tertiary/aromatic N) is 4. The lowest BCUT2D eigenvalue weighted by molar-refractivity contribution is 0.102. The SMILES string of the molecule is CC1CCN(c2ccc(-c3ccc(NC(=O)c4ccc(S(=O)(=O)N5CCCC5)cc4)cc3)nn2)CC1. The molecule has 0 spiro atoms. The second kappa shape index (κ2) is 10.4. The van der Waals surface area contributed by atoms with E-state index in [9.17, 15) is 13.2 Å². The molecule has 0 unspecified atom stereocenters. The van der Waals surface area contributed by atoms with E-state index in [-0.39, 0.29) is 10.8 Å². The van der Waals surface area contributed by atoms with E-state index in [1.807, 2.05) is 36.4 Å². The van der Waals surface area contributed by atoms with Gasteiger partial charge in [0.25, 0.3) is 5.91 Å². The van der Waals surface area contributed by atoms with Crippen molar-refractivity contribution in [1.82, 2.24) is 14.5 Å². The Morgan fingerprint density at radius 1 is 0.861 bits per heavy atom. The highest BCUT2D eigenvalue weighted by Gasteiger charge is 2.27. The van der Waals surface area contributed by atoms with Gasteiger partial charge in [0.1, 0.15) is 0 Å². The fourth-order valence-corrected chi connectivity index (χ4v) is 6.19. The molecule has 1 aromatic heterocycles. The van der Waals surface area contributed by atoms with Crippen molar-refractivity contribution in [2.45, 2.75) is 37.5 Å². The van der Waals surface area contributed by atoms with Crippen molar-refractivity contribution in [2.24, 2.45) is 5.92 Å². The summed E-state index contributed by atoms with van der Waals surface area (Å²) < 4.78 is 26.9. The minimum atomic E-state index is -3.49. The number of carbonyl (C=O) groups excluding carboxylic acids is 1. The molecule has 2 aromatic carbocycles. The van der Waals surface area contributed by atoms with Gasteiger partial charge < -0.3 is 10.2 Å². The van der Waals surface area contributed by atoms with Crippen molar-refractivity contribution in [2.75, 3.05) is 36.4 Å². The van der Waals surface area contributed by atoms with Gasteiger partial charge in [0.05, 0.1) is 10.6 Å². The van der Waals surface area contributed by atoms with Gasteiger partial charge in [-0.05, 0) is 80.1 Å². The molecule has 188 valence electrons. The average molecular weight is 506 g/mol. The Kier molecular flexibility index (Phi) is 7.02. The maximum absolute atomic E-state index is 12.7. The first-order valence-corrected chi connectivity index (χ1v) is 13.9. The molecular formula is C27H31N5O3S. The molecule has 1 amide bonds. The van der Waals surface area contributed by atoms with E-state index in [2.05, 4.69) is 27.3 Å². The molecule has 8 nitrogen and oxygen atoms in total. The number of nitrogens with one attached hydrogen (secondary N) is 1. The predicted molar refractivity (Wildman–Crippen MR) is 140 cm³/mol. The van der Waals surface area contributed by atoms with Gasteiger partial charge in [0.15, 0.2) is 5.82 Å². The monoisotopic (exact) mass is 505 g/mol. The molecule has 0 radical (unpaired) electrons. The van der Waals surface area contributed by atoms with Crippen LogP contribution in [0.1, 0.15) is 43.0 Å². The van der Waals surface area contributed by atoms with E-state index in [4.69, 9.17) is 0 Å². The number of amides is 1. The molecule has 1 N–H and O–H groups in total. The zero-order chi connectivity index (χ0) is 25.1. The predicted octanol–water partition coefficient (Wildman–Crippen LogP) is 4.42. The summed E-state index contributed by atoms with van der Waals surface area (Å²) in [6.07, 6.45) is 4.12. The molecule has 2 fully saturated rings. The van der Waals surface area contributed by atoms with Crippen LogP contribution in [0.15, 0.2) is 65.6 Å². The van der Waals surface area contributed by atoms with Crippen LogP contribution in [0, 0.1) is 5.92 Å². The minimum absolute atomic E-state index is 0.215. The van der Waals surface area contributed by atoms with E-state index in [0.29, 0.717) is 24.3 Å². The van der Waals surface area contributed by atoms with Gasteiger partial charge in [-0.1, -0.05) is 19.1 Å². The Labute approximate surface area is 212 Å². The van der Waals surface area contributed by atoms with Crippen LogP contribution in [0.4, 0.5) is 11.5 Å². The standard InChI is InChI=1S/C27H31N5O3S/c1-20-14-18-31(19-15-20)26-13-12-25(29-30-26)21-4-8-23(9-5-21)28-27(33)22-6-10-24(11-7-22)36(34,35)32-16-2-3-17-32/h4-13,20H,2-3,14-19H2,1H3,(H,28,33). The van der Waals surface area contributed by atoms with Crippen molar-refractivity contribution in [3.8, 4) is 11.3 Å². The molecule has 2 saturated heterocycles. The summed E-state index contributed by atoms with van der Waals surface area (Å²) in [5, 5.41) is 11.7. The summed E-state index contributed by atoms with van der Waals surface area (Å²) in [7, 11) is -3.49. The summed E-state index contributed by atoms with van der Waals surface area (Å²) in [4.78, 5) is 15.2. The van der Waals surface area contributed by atoms with Crippen LogP contribution in [-0.2, 0) is 10.0 Å². The lowest BCUT2D eigenvalue weighted by atomic mass is 9.99. The third-order valence-corrected chi connectivity index (χ3v) is 8.93. The highest BCUT2D eigenvalue weighted by molar-refractivity contribution is 7.89. The first-order chi connectivity index (χ1) is 17.4. The maximum atomic E-state index is 12.7. The number of hydrogen-bond donors (Lipinski definition) is 1. The van der Waals surface area contributed by atoms with Gasteiger partial charge in [0.2, 0.25) is 10.0 Å². The Hall–Kier alpha value is -3.30. The smallest absolute Gasteiger partial charge is 0.255 e. The maximum Gasteiger partial charge on any atom is 0.255 e. The van der Waals surface area contributed by atoms with Crippen LogP contribution in [-0.4, -0.2) is 55.0 Å². The normalized spacial score (nSPS) is 17.3. The van der Waals surface area contributed by atoms with Crippen molar-refractivity contribution in [3.63, 3.8) is 0 Å². The number of hydrogen-bond acceptors (Lipinski definition) is 6. The van der Waals surface area contributed by atoms with Crippen LogP contribution in [0.3, 0.4) is 0 Å². The van der Waals surface area contributed by atoms with Gasteiger partial charge in [-0.25, -0.2) is 8.42 Å². The number of anilines is 2.